The van der Waals surface area contributed by atoms with Crippen LogP contribution in [0.25, 0.3) is 0 Å². The maximum atomic E-state index is 5.67. The van der Waals surface area contributed by atoms with Gasteiger partial charge in [-0.2, -0.15) is 0 Å². The van der Waals surface area contributed by atoms with Crippen molar-refractivity contribution in [2.24, 2.45) is 0 Å². The highest BCUT2D eigenvalue weighted by atomic mass is 16.5. The number of likely N-dealkylation sites (tertiary alicyclic amines) is 1. The molecule has 2 atom stereocenters. The van der Waals surface area contributed by atoms with Crippen LogP contribution < -0.4 is 5.32 Å². The van der Waals surface area contributed by atoms with Crippen molar-refractivity contribution in [2.75, 3.05) is 26.7 Å². The normalized spacial score (nSPS) is 28.3. The first kappa shape index (κ1) is 12.2. The first-order valence-electron chi connectivity index (χ1n) is 6.94. The van der Waals surface area contributed by atoms with E-state index in [4.69, 9.17) is 4.74 Å². The number of fused-ring (bicyclic) bond motifs is 1. The van der Waals surface area contributed by atoms with Crippen LogP contribution in [0, 0.1) is 0 Å². The van der Waals surface area contributed by atoms with Gasteiger partial charge in [0.2, 0.25) is 0 Å². The highest BCUT2D eigenvalue weighted by molar-refractivity contribution is 5.31. The van der Waals surface area contributed by atoms with Gasteiger partial charge in [0.15, 0.2) is 0 Å². The number of nitrogens with one attached hydrogen (secondary N) is 1. The number of nitrogens with zero attached hydrogens (tertiary/aromatic N) is 1. The summed E-state index contributed by atoms with van der Waals surface area (Å²) in [6, 6.07) is 9.68. The molecule has 3 heteroatoms. The van der Waals surface area contributed by atoms with Crippen LogP contribution in [0.15, 0.2) is 24.3 Å². The second-order valence-corrected chi connectivity index (χ2v) is 5.45. The molecule has 2 aliphatic heterocycles. The van der Waals surface area contributed by atoms with Crippen molar-refractivity contribution in [1.29, 1.82) is 0 Å². The fourth-order valence-corrected chi connectivity index (χ4v) is 3.07. The van der Waals surface area contributed by atoms with Crippen molar-refractivity contribution in [3.05, 3.63) is 35.4 Å². The molecule has 1 N–H and O–H groups in total. The largest absolute Gasteiger partial charge is 0.375 e. The van der Waals surface area contributed by atoms with Crippen LogP contribution in [0.1, 0.15) is 30.0 Å². The Kier molecular flexibility index (Phi) is 3.64. The lowest BCUT2D eigenvalue weighted by atomic mass is 9.99. The number of ether oxygens (including phenoxy) is 1. The Morgan fingerprint density at radius 2 is 2.28 bits per heavy atom. The number of hydrogen-bond donors (Lipinski definition) is 1. The molecule has 0 amide bonds. The molecule has 3 nitrogen and oxygen atoms in total. The Morgan fingerprint density at radius 3 is 3.11 bits per heavy atom. The fourth-order valence-electron chi connectivity index (χ4n) is 3.07. The van der Waals surface area contributed by atoms with E-state index in [-0.39, 0.29) is 0 Å². The van der Waals surface area contributed by atoms with Crippen LogP contribution in [0.4, 0.5) is 0 Å². The van der Waals surface area contributed by atoms with Crippen LogP contribution in [-0.4, -0.2) is 37.7 Å². The van der Waals surface area contributed by atoms with Crippen LogP contribution in [0.5, 0.6) is 0 Å². The molecule has 2 unspecified atom stereocenters. The zero-order valence-electron chi connectivity index (χ0n) is 11.1. The van der Waals surface area contributed by atoms with Gasteiger partial charge in [0.25, 0.3) is 0 Å². The summed E-state index contributed by atoms with van der Waals surface area (Å²) in [6.45, 7) is 3.87. The highest BCUT2D eigenvalue weighted by Crippen LogP contribution is 2.25. The van der Waals surface area contributed by atoms with Gasteiger partial charge >= 0.3 is 0 Å². The van der Waals surface area contributed by atoms with Crippen molar-refractivity contribution in [3.63, 3.8) is 0 Å². The Bertz CT molecular complexity index is 407. The monoisotopic (exact) mass is 246 g/mol. The minimum atomic E-state index is 0.365. The average Bonchev–Trinajstić information content (AvgIpc) is 2.82. The van der Waals surface area contributed by atoms with Gasteiger partial charge in [0.1, 0.15) is 0 Å². The molecule has 1 aromatic rings. The van der Waals surface area contributed by atoms with Crippen LogP contribution in [-0.2, 0) is 11.3 Å². The third-order valence-electron chi connectivity index (χ3n) is 4.24. The quantitative estimate of drug-likeness (QED) is 0.882. The smallest absolute Gasteiger partial charge is 0.0721 e. The molecular weight excluding hydrogens is 224 g/mol. The standard InChI is InChI=1S/C15H22N2O/c1-17-8-4-6-13(17)9-16-15-11-18-10-12-5-2-3-7-14(12)15/h2-3,5,7,13,15-16H,4,6,8-11H2,1H3. The molecule has 0 radical (unpaired) electrons. The lowest BCUT2D eigenvalue weighted by Crippen LogP contribution is -2.39. The zero-order chi connectivity index (χ0) is 12.4. The van der Waals surface area contributed by atoms with Crippen LogP contribution in [0.3, 0.4) is 0 Å². The third-order valence-corrected chi connectivity index (χ3v) is 4.24. The number of rotatable bonds is 3. The topological polar surface area (TPSA) is 24.5 Å². The summed E-state index contributed by atoms with van der Waals surface area (Å²) in [4.78, 5) is 2.46. The minimum Gasteiger partial charge on any atom is -0.375 e. The molecule has 18 heavy (non-hydrogen) atoms. The molecule has 1 fully saturated rings. The average molecular weight is 246 g/mol. The summed E-state index contributed by atoms with van der Waals surface area (Å²) in [7, 11) is 2.23. The lowest BCUT2D eigenvalue weighted by molar-refractivity contribution is 0.0802. The van der Waals surface area contributed by atoms with E-state index in [2.05, 4.69) is 41.5 Å². The van der Waals surface area contributed by atoms with E-state index in [9.17, 15) is 0 Å². The maximum absolute atomic E-state index is 5.67. The van der Waals surface area contributed by atoms with Crippen LogP contribution in [0.2, 0.25) is 0 Å². The zero-order valence-corrected chi connectivity index (χ0v) is 11.1. The minimum absolute atomic E-state index is 0.365. The van der Waals surface area contributed by atoms with E-state index < -0.39 is 0 Å². The first-order chi connectivity index (χ1) is 8.84. The van der Waals surface area contributed by atoms with Gasteiger partial charge in [-0.3, -0.25) is 0 Å². The Hall–Kier alpha value is -0.900. The van der Waals surface area contributed by atoms with E-state index in [0.717, 1.165) is 19.8 Å². The Balaban J connectivity index is 1.64. The summed E-state index contributed by atoms with van der Waals surface area (Å²) in [6.07, 6.45) is 2.65. The molecule has 0 aromatic heterocycles. The second kappa shape index (κ2) is 5.39. The second-order valence-electron chi connectivity index (χ2n) is 5.45. The molecule has 0 bridgehead atoms. The fraction of sp³-hybridized carbons (Fsp3) is 0.600. The maximum Gasteiger partial charge on any atom is 0.0721 e. The summed E-state index contributed by atoms with van der Waals surface area (Å²) >= 11 is 0. The van der Waals surface area contributed by atoms with Gasteiger partial charge in [-0.15, -0.1) is 0 Å². The molecule has 3 rings (SSSR count). The van der Waals surface area contributed by atoms with Crippen molar-refractivity contribution in [1.82, 2.24) is 10.2 Å². The van der Waals surface area contributed by atoms with Gasteiger partial charge in [0, 0.05) is 12.6 Å². The molecule has 0 aliphatic carbocycles. The molecule has 2 heterocycles. The van der Waals surface area contributed by atoms with E-state index in [0.29, 0.717) is 12.1 Å². The third kappa shape index (κ3) is 2.44. The molecule has 1 aromatic carbocycles. The predicted molar refractivity (Wildman–Crippen MR) is 72.5 cm³/mol. The van der Waals surface area contributed by atoms with Crippen molar-refractivity contribution >= 4 is 0 Å². The van der Waals surface area contributed by atoms with Crippen LogP contribution >= 0.6 is 0 Å². The molecule has 98 valence electrons. The first-order valence-corrected chi connectivity index (χ1v) is 6.94. The van der Waals surface area contributed by atoms with E-state index in [1.54, 1.807) is 0 Å². The summed E-state index contributed by atoms with van der Waals surface area (Å²) < 4.78 is 5.67. The lowest BCUT2D eigenvalue weighted by Gasteiger charge is -2.29. The number of likely N-dealkylation sites (N-methyl/N-ethyl adjacent to an activating group) is 1. The van der Waals surface area contributed by atoms with Crippen molar-refractivity contribution < 1.29 is 4.74 Å². The Morgan fingerprint density at radius 1 is 1.39 bits per heavy atom. The van der Waals surface area contributed by atoms with E-state index in [1.165, 1.54) is 30.5 Å². The van der Waals surface area contributed by atoms with Crippen molar-refractivity contribution in [3.8, 4) is 0 Å². The van der Waals surface area contributed by atoms with Gasteiger partial charge in [0.05, 0.1) is 19.3 Å². The highest BCUT2D eigenvalue weighted by Gasteiger charge is 2.24. The number of hydrogen-bond acceptors (Lipinski definition) is 3. The van der Waals surface area contributed by atoms with Gasteiger partial charge in [-0.1, -0.05) is 24.3 Å². The van der Waals surface area contributed by atoms with E-state index >= 15 is 0 Å². The summed E-state index contributed by atoms with van der Waals surface area (Å²) in [5, 5.41) is 3.68. The number of benzene rings is 1. The Labute approximate surface area is 109 Å². The molecule has 0 saturated carbocycles. The van der Waals surface area contributed by atoms with E-state index in [1.807, 2.05) is 0 Å². The van der Waals surface area contributed by atoms with Gasteiger partial charge < -0.3 is 15.0 Å². The molecule has 2 aliphatic rings. The predicted octanol–water partition coefficient (Wildman–Crippen LogP) is 1.94. The summed E-state index contributed by atoms with van der Waals surface area (Å²) in [5.41, 5.74) is 2.76. The molecule has 1 saturated heterocycles. The molecule has 0 spiro atoms. The SMILES string of the molecule is CN1CCCC1CNC1COCc2ccccc21. The van der Waals surface area contributed by atoms with Crippen molar-refractivity contribution in [2.45, 2.75) is 31.5 Å². The van der Waals surface area contributed by atoms with Gasteiger partial charge in [-0.25, -0.2) is 0 Å². The van der Waals surface area contributed by atoms with Gasteiger partial charge in [-0.05, 0) is 37.6 Å². The molecular formula is C15H22N2O. The summed E-state index contributed by atoms with van der Waals surface area (Å²) in [5.74, 6) is 0.